The Bertz CT molecular complexity index is 361. The lowest BCUT2D eigenvalue weighted by atomic mass is 9.98. The van der Waals surface area contributed by atoms with Crippen molar-refractivity contribution in [3.8, 4) is 0 Å². The van der Waals surface area contributed by atoms with Gasteiger partial charge in [0.1, 0.15) is 0 Å². The van der Waals surface area contributed by atoms with Crippen molar-refractivity contribution < 1.29 is 8.42 Å². The average Bonchev–Trinajstić information content (AvgIpc) is 2.66. The van der Waals surface area contributed by atoms with E-state index in [1.54, 1.807) is 4.31 Å². The molecule has 1 aliphatic carbocycles. The molecule has 0 bridgehead atoms. The molecule has 0 aromatic carbocycles. The molecule has 3 atom stereocenters. The first-order valence-electron chi connectivity index (χ1n) is 5.93. The monoisotopic (exact) mass is 283 g/mol. The van der Waals surface area contributed by atoms with Crippen molar-refractivity contribution in [3.63, 3.8) is 0 Å². The van der Waals surface area contributed by atoms with Crippen molar-refractivity contribution in [2.75, 3.05) is 13.1 Å². The maximum Gasteiger partial charge on any atom is 0.279 e. The van der Waals surface area contributed by atoms with Gasteiger partial charge in [0.05, 0.1) is 0 Å². The van der Waals surface area contributed by atoms with E-state index in [1.807, 2.05) is 13.8 Å². The number of nitrogens with one attached hydrogen (secondary N) is 1. The van der Waals surface area contributed by atoms with Crippen molar-refractivity contribution in [1.82, 2.24) is 9.03 Å². The predicted octanol–water partition coefficient (Wildman–Crippen LogP) is 0.320. The number of nitrogens with zero attached hydrogens (tertiary/aromatic N) is 1. The highest BCUT2D eigenvalue weighted by Crippen LogP contribution is 2.37. The highest BCUT2D eigenvalue weighted by molar-refractivity contribution is 7.87. The van der Waals surface area contributed by atoms with Gasteiger partial charge < -0.3 is 5.73 Å². The van der Waals surface area contributed by atoms with E-state index in [1.165, 1.54) is 0 Å². The van der Waals surface area contributed by atoms with E-state index in [0.717, 1.165) is 12.8 Å². The Labute approximate surface area is 110 Å². The van der Waals surface area contributed by atoms with E-state index < -0.39 is 10.2 Å². The number of halogens is 1. The third-order valence-corrected chi connectivity index (χ3v) is 5.35. The summed E-state index contributed by atoms with van der Waals surface area (Å²) in [6, 6.07) is 0.128. The molecular weight excluding hydrogens is 262 g/mol. The zero-order chi connectivity index (χ0) is 11.9. The van der Waals surface area contributed by atoms with Gasteiger partial charge in [-0.15, -0.1) is 12.4 Å². The fraction of sp³-hybridized carbons (Fsp3) is 1.00. The summed E-state index contributed by atoms with van der Waals surface area (Å²) in [6.07, 6.45) is 2.11. The third kappa shape index (κ3) is 3.12. The van der Waals surface area contributed by atoms with Crippen LogP contribution in [0.3, 0.4) is 0 Å². The van der Waals surface area contributed by atoms with Gasteiger partial charge in [0.25, 0.3) is 10.2 Å². The first-order chi connectivity index (χ1) is 7.40. The normalized spacial score (nSPS) is 33.8. The predicted molar refractivity (Wildman–Crippen MR) is 70.2 cm³/mol. The van der Waals surface area contributed by atoms with Crippen LogP contribution < -0.4 is 10.5 Å². The summed E-state index contributed by atoms with van der Waals surface area (Å²) < 4.78 is 28.1. The van der Waals surface area contributed by atoms with Crippen LogP contribution in [0.15, 0.2) is 0 Å². The summed E-state index contributed by atoms with van der Waals surface area (Å²) in [4.78, 5) is 0. The second-order valence-corrected chi connectivity index (χ2v) is 6.96. The van der Waals surface area contributed by atoms with Gasteiger partial charge in [0.15, 0.2) is 0 Å². The van der Waals surface area contributed by atoms with Crippen molar-refractivity contribution in [1.29, 1.82) is 0 Å². The molecule has 2 fully saturated rings. The molecule has 2 rings (SSSR count). The molecule has 0 spiro atoms. The van der Waals surface area contributed by atoms with E-state index in [9.17, 15) is 8.42 Å². The second-order valence-electron chi connectivity index (χ2n) is 5.26. The molecule has 1 aliphatic heterocycles. The van der Waals surface area contributed by atoms with Gasteiger partial charge in [-0.2, -0.15) is 17.4 Å². The maximum absolute atomic E-state index is 12.0. The van der Waals surface area contributed by atoms with Crippen LogP contribution in [0.1, 0.15) is 26.7 Å². The van der Waals surface area contributed by atoms with Gasteiger partial charge in [-0.25, -0.2) is 0 Å². The van der Waals surface area contributed by atoms with Crippen LogP contribution in [0.25, 0.3) is 0 Å². The van der Waals surface area contributed by atoms with Crippen LogP contribution >= 0.6 is 12.4 Å². The van der Waals surface area contributed by atoms with Crippen LogP contribution in [0, 0.1) is 11.8 Å². The topological polar surface area (TPSA) is 75.4 Å². The highest BCUT2D eigenvalue weighted by atomic mass is 35.5. The lowest BCUT2D eigenvalue weighted by molar-refractivity contribution is 0.417. The molecule has 1 saturated carbocycles. The Morgan fingerprint density at radius 1 is 1.29 bits per heavy atom. The molecule has 5 nitrogen and oxygen atoms in total. The van der Waals surface area contributed by atoms with Crippen LogP contribution in [-0.2, 0) is 10.2 Å². The van der Waals surface area contributed by atoms with Gasteiger partial charge in [0.2, 0.25) is 0 Å². The standard InChI is InChI=1S/C10H21N3O2S.ClH/c1-7(2)12-16(14,15)13-5-8-3-4-10(11)9(8)6-13;/h7-10,12H,3-6,11H2,1-2H3;1H. The highest BCUT2D eigenvalue weighted by Gasteiger charge is 2.44. The molecule has 3 N–H and O–H groups in total. The number of nitrogens with two attached hydrogens (primary N) is 1. The fourth-order valence-electron chi connectivity index (χ4n) is 2.84. The van der Waals surface area contributed by atoms with Crippen molar-refractivity contribution in [2.45, 2.75) is 38.8 Å². The van der Waals surface area contributed by atoms with E-state index in [-0.39, 0.29) is 24.5 Å². The van der Waals surface area contributed by atoms with Crippen LogP contribution in [0.4, 0.5) is 0 Å². The summed E-state index contributed by atoms with van der Waals surface area (Å²) >= 11 is 0. The first kappa shape index (κ1) is 15.2. The van der Waals surface area contributed by atoms with Gasteiger partial charge in [-0.1, -0.05) is 0 Å². The van der Waals surface area contributed by atoms with E-state index in [4.69, 9.17) is 5.73 Å². The summed E-state index contributed by atoms with van der Waals surface area (Å²) in [7, 11) is -3.30. The van der Waals surface area contributed by atoms with Gasteiger partial charge >= 0.3 is 0 Å². The van der Waals surface area contributed by atoms with Crippen molar-refractivity contribution >= 4 is 22.6 Å². The molecule has 1 saturated heterocycles. The zero-order valence-electron chi connectivity index (χ0n) is 10.3. The molecule has 102 valence electrons. The second kappa shape index (κ2) is 5.40. The average molecular weight is 284 g/mol. The van der Waals surface area contributed by atoms with Crippen LogP contribution in [0.2, 0.25) is 0 Å². The Morgan fingerprint density at radius 3 is 2.47 bits per heavy atom. The number of rotatable bonds is 3. The van der Waals surface area contributed by atoms with Gasteiger partial charge in [-0.05, 0) is 38.5 Å². The van der Waals surface area contributed by atoms with Crippen molar-refractivity contribution in [2.24, 2.45) is 17.6 Å². The summed E-state index contributed by atoms with van der Waals surface area (Å²) in [5.41, 5.74) is 5.98. The Kier molecular flexibility index (Phi) is 4.82. The first-order valence-corrected chi connectivity index (χ1v) is 7.37. The molecule has 0 amide bonds. The number of fused-ring (bicyclic) bond motifs is 1. The lowest BCUT2D eigenvalue weighted by Gasteiger charge is -2.20. The molecule has 1 heterocycles. The minimum absolute atomic E-state index is 0. The molecule has 2 aliphatic rings. The minimum Gasteiger partial charge on any atom is -0.327 e. The number of hydrogen-bond acceptors (Lipinski definition) is 3. The van der Waals surface area contributed by atoms with Gasteiger partial charge in [-0.3, -0.25) is 0 Å². The van der Waals surface area contributed by atoms with Crippen LogP contribution in [0.5, 0.6) is 0 Å². The van der Waals surface area contributed by atoms with Crippen molar-refractivity contribution in [3.05, 3.63) is 0 Å². The summed E-state index contributed by atoms with van der Waals surface area (Å²) in [5.74, 6) is 0.836. The smallest absolute Gasteiger partial charge is 0.279 e. The van der Waals surface area contributed by atoms with E-state index in [2.05, 4.69) is 4.72 Å². The molecule has 3 unspecified atom stereocenters. The molecular formula is C10H22ClN3O2S. The lowest BCUT2D eigenvalue weighted by Crippen LogP contribution is -2.43. The Hall–Kier alpha value is 0.120. The molecule has 0 aromatic heterocycles. The zero-order valence-corrected chi connectivity index (χ0v) is 11.9. The van der Waals surface area contributed by atoms with Crippen LogP contribution in [-0.4, -0.2) is 37.9 Å². The number of hydrogen-bond donors (Lipinski definition) is 2. The molecule has 0 aromatic rings. The SMILES string of the molecule is CC(C)NS(=O)(=O)N1CC2CCC(N)C2C1.Cl. The minimum atomic E-state index is -3.30. The summed E-state index contributed by atoms with van der Waals surface area (Å²) in [5, 5.41) is 0. The van der Waals surface area contributed by atoms with Gasteiger partial charge in [0, 0.05) is 25.2 Å². The summed E-state index contributed by atoms with van der Waals surface area (Å²) in [6.45, 7) is 4.90. The largest absolute Gasteiger partial charge is 0.327 e. The maximum atomic E-state index is 12.0. The van der Waals surface area contributed by atoms with E-state index >= 15 is 0 Å². The molecule has 7 heteroatoms. The molecule has 0 radical (unpaired) electrons. The Morgan fingerprint density at radius 2 is 1.94 bits per heavy atom. The molecule has 17 heavy (non-hydrogen) atoms. The quantitative estimate of drug-likeness (QED) is 0.783. The van der Waals surface area contributed by atoms with E-state index in [0.29, 0.717) is 24.9 Å². The third-order valence-electron chi connectivity index (χ3n) is 3.60. The Balaban J connectivity index is 0.00000144. The fourth-order valence-corrected chi connectivity index (χ4v) is 4.34.